The number of anilines is 1. The van der Waals surface area contributed by atoms with Crippen molar-refractivity contribution in [1.29, 1.82) is 0 Å². The number of ether oxygens (including phenoxy) is 1. The number of nitrogens with zero attached hydrogens (tertiary/aromatic N) is 5. The largest absolute Gasteiger partial charge is 0.375 e. The average Bonchev–Trinajstić information content (AvgIpc) is 3.15. The fraction of sp³-hybridized carbons (Fsp3) is 0.318. The predicted octanol–water partition coefficient (Wildman–Crippen LogP) is 2.44. The Bertz CT molecular complexity index is 1260. The van der Waals surface area contributed by atoms with Crippen molar-refractivity contribution in [2.24, 2.45) is 0 Å². The van der Waals surface area contributed by atoms with Crippen LogP contribution in [0.3, 0.4) is 0 Å². The second-order valence-corrected chi connectivity index (χ2v) is 8.19. The molecule has 1 aliphatic rings. The summed E-state index contributed by atoms with van der Waals surface area (Å²) >= 11 is 0. The lowest BCUT2D eigenvalue weighted by atomic mass is 9.74. The van der Waals surface area contributed by atoms with Crippen LogP contribution in [0, 0.1) is 0 Å². The summed E-state index contributed by atoms with van der Waals surface area (Å²) in [5, 5.41) is 11.0. The molecule has 1 fully saturated rings. The summed E-state index contributed by atoms with van der Waals surface area (Å²) in [6.45, 7) is 2.11. The molecule has 3 aromatic heterocycles. The number of benzene rings is 1. The zero-order chi connectivity index (χ0) is 21.4. The third-order valence-electron chi connectivity index (χ3n) is 5.64. The van der Waals surface area contributed by atoms with E-state index in [9.17, 15) is 4.79 Å². The van der Waals surface area contributed by atoms with Gasteiger partial charge in [0.05, 0.1) is 22.7 Å². The lowest BCUT2D eigenvalue weighted by molar-refractivity contribution is -0.127. The zero-order valence-electron chi connectivity index (χ0n) is 17.4. The summed E-state index contributed by atoms with van der Waals surface area (Å²) in [6.07, 6.45) is 8.74. The number of carbonyl (C=O) groups excluding carboxylic acids is 1. The number of hydrogen-bond acceptors (Lipinski definition) is 7. The minimum absolute atomic E-state index is 0.0766. The SMILES string of the molecule is COCC(=O)N[C@]1(C)C[C@@H](Nc2ncc3c(-c4ccc5nccnc5c4)ccn3n2)C1. The topological polar surface area (TPSA) is 106 Å². The lowest BCUT2D eigenvalue weighted by Crippen LogP contribution is -2.60. The molecule has 0 aliphatic heterocycles. The van der Waals surface area contributed by atoms with Crippen molar-refractivity contribution in [3.63, 3.8) is 0 Å². The van der Waals surface area contributed by atoms with Crippen molar-refractivity contribution in [2.75, 3.05) is 19.0 Å². The van der Waals surface area contributed by atoms with Gasteiger partial charge in [-0.1, -0.05) is 6.07 Å². The number of fused-ring (bicyclic) bond motifs is 2. The Balaban J connectivity index is 1.30. The molecule has 1 saturated carbocycles. The van der Waals surface area contributed by atoms with Gasteiger partial charge in [0, 0.05) is 42.8 Å². The molecule has 5 rings (SSSR count). The second kappa shape index (κ2) is 7.59. The van der Waals surface area contributed by atoms with E-state index in [0.29, 0.717) is 5.95 Å². The van der Waals surface area contributed by atoms with Gasteiger partial charge < -0.3 is 15.4 Å². The highest BCUT2D eigenvalue weighted by atomic mass is 16.5. The van der Waals surface area contributed by atoms with Gasteiger partial charge in [0.2, 0.25) is 11.9 Å². The number of methoxy groups -OCH3 is 1. The minimum atomic E-state index is -0.225. The van der Waals surface area contributed by atoms with Crippen LogP contribution in [0.25, 0.3) is 27.7 Å². The molecule has 1 aliphatic carbocycles. The van der Waals surface area contributed by atoms with E-state index in [0.717, 1.165) is 40.5 Å². The molecule has 2 N–H and O–H groups in total. The summed E-state index contributed by atoms with van der Waals surface area (Å²) in [6, 6.07) is 8.26. The maximum atomic E-state index is 11.8. The van der Waals surface area contributed by atoms with Crippen molar-refractivity contribution in [1.82, 2.24) is 29.9 Å². The minimum Gasteiger partial charge on any atom is -0.375 e. The van der Waals surface area contributed by atoms with E-state index in [1.54, 1.807) is 12.4 Å². The molecule has 0 saturated heterocycles. The molecule has 0 atom stereocenters. The van der Waals surface area contributed by atoms with E-state index in [1.807, 2.05) is 48.1 Å². The molecule has 158 valence electrons. The quantitative estimate of drug-likeness (QED) is 0.496. The van der Waals surface area contributed by atoms with E-state index in [1.165, 1.54) is 7.11 Å². The van der Waals surface area contributed by atoms with Gasteiger partial charge in [-0.3, -0.25) is 14.8 Å². The number of aromatic nitrogens is 5. The van der Waals surface area contributed by atoms with Crippen LogP contribution in [0.5, 0.6) is 0 Å². The molecule has 0 bridgehead atoms. The number of nitrogens with one attached hydrogen (secondary N) is 2. The van der Waals surface area contributed by atoms with Crippen molar-refractivity contribution < 1.29 is 9.53 Å². The summed E-state index contributed by atoms with van der Waals surface area (Å²) in [7, 11) is 1.52. The van der Waals surface area contributed by atoms with Crippen LogP contribution < -0.4 is 10.6 Å². The Morgan fingerprint density at radius 3 is 2.81 bits per heavy atom. The molecule has 9 heteroatoms. The Hall–Kier alpha value is -3.59. The van der Waals surface area contributed by atoms with Crippen LogP contribution in [0.2, 0.25) is 0 Å². The highest BCUT2D eigenvalue weighted by Gasteiger charge is 2.41. The molecule has 4 aromatic rings. The molecule has 0 unspecified atom stereocenters. The number of rotatable bonds is 6. The number of carbonyl (C=O) groups is 1. The van der Waals surface area contributed by atoms with Gasteiger partial charge in [0.1, 0.15) is 6.61 Å². The molecule has 1 aromatic carbocycles. The van der Waals surface area contributed by atoms with Crippen LogP contribution in [0.15, 0.2) is 49.1 Å². The summed E-state index contributed by atoms with van der Waals surface area (Å²) in [5.41, 5.74) is 4.49. The third-order valence-corrected chi connectivity index (χ3v) is 5.64. The van der Waals surface area contributed by atoms with Crippen LogP contribution in [-0.2, 0) is 9.53 Å². The van der Waals surface area contributed by atoms with Gasteiger partial charge in [-0.15, -0.1) is 5.10 Å². The monoisotopic (exact) mass is 417 g/mol. The first-order chi connectivity index (χ1) is 15.0. The summed E-state index contributed by atoms with van der Waals surface area (Å²) < 4.78 is 6.70. The third kappa shape index (κ3) is 3.79. The van der Waals surface area contributed by atoms with Gasteiger partial charge in [0.25, 0.3) is 0 Å². The maximum Gasteiger partial charge on any atom is 0.246 e. The molecule has 1 amide bonds. The standard InChI is InChI=1S/C22H23N7O2/c1-22(27-20(30)13-31-2)10-15(11-22)26-21-25-12-19-16(5-8-29(19)28-21)14-3-4-17-18(9-14)24-7-6-23-17/h3-9,12,15H,10-11,13H2,1-2H3,(H,26,28)(H,27,30)/t15-,22-. The Kier molecular flexibility index (Phi) is 4.74. The molecule has 0 spiro atoms. The summed E-state index contributed by atoms with van der Waals surface area (Å²) in [4.78, 5) is 25.0. The van der Waals surface area contributed by atoms with Crippen molar-refractivity contribution in [3.05, 3.63) is 49.1 Å². The molecule has 9 nitrogen and oxygen atoms in total. The predicted molar refractivity (Wildman–Crippen MR) is 117 cm³/mol. The normalized spacial score (nSPS) is 20.5. The molecule has 31 heavy (non-hydrogen) atoms. The van der Waals surface area contributed by atoms with E-state index in [-0.39, 0.29) is 24.1 Å². The van der Waals surface area contributed by atoms with Crippen LogP contribution in [0.4, 0.5) is 5.95 Å². The smallest absolute Gasteiger partial charge is 0.246 e. The van der Waals surface area contributed by atoms with Gasteiger partial charge in [-0.25, -0.2) is 9.50 Å². The van der Waals surface area contributed by atoms with Crippen LogP contribution in [0.1, 0.15) is 19.8 Å². The first-order valence-electron chi connectivity index (χ1n) is 10.1. The first kappa shape index (κ1) is 19.4. The van der Waals surface area contributed by atoms with E-state index >= 15 is 0 Å². The Labute approximate surface area is 178 Å². The highest BCUT2D eigenvalue weighted by Crippen LogP contribution is 2.34. The molecule has 3 heterocycles. The lowest BCUT2D eigenvalue weighted by Gasteiger charge is -2.45. The van der Waals surface area contributed by atoms with Gasteiger partial charge >= 0.3 is 0 Å². The molecule has 0 radical (unpaired) electrons. The Morgan fingerprint density at radius 2 is 2.00 bits per heavy atom. The first-order valence-corrected chi connectivity index (χ1v) is 10.1. The maximum absolute atomic E-state index is 11.8. The zero-order valence-corrected chi connectivity index (χ0v) is 17.4. The average molecular weight is 417 g/mol. The van der Waals surface area contributed by atoms with E-state index < -0.39 is 0 Å². The van der Waals surface area contributed by atoms with Crippen molar-refractivity contribution in [3.8, 4) is 11.1 Å². The van der Waals surface area contributed by atoms with E-state index in [2.05, 4.69) is 30.7 Å². The van der Waals surface area contributed by atoms with Crippen molar-refractivity contribution >= 4 is 28.4 Å². The highest BCUT2D eigenvalue weighted by molar-refractivity contribution is 5.87. The fourth-order valence-electron chi connectivity index (χ4n) is 4.26. The van der Waals surface area contributed by atoms with Crippen LogP contribution in [-0.4, -0.2) is 55.8 Å². The van der Waals surface area contributed by atoms with Gasteiger partial charge in [-0.2, -0.15) is 0 Å². The summed E-state index contributed by atoms with van der Waals surface area (Å²) in [5.74, 6) is 0.468. The number of hydrogen-bond donors (Lipinski definition) is 2. The van der Waals surface area contributed by atoms with Gasteiger partial charge in [-0.05, 0) is 43.5 Å². The van der Waals surface area contributed by atoms with Gasteiger partial charge in [0.15, 0.2) is 0 Å². The second-order valence-electron chi connectivity index (χ2n) is 8.19. The van der Waals surface area contributed by atoms with E-state index in [4.69, 9.17) is 4.74 Å². The van der Waals surface area contributed by atoms with Crippen molar-refractivity contribution in [2.45, 2.75) is 31.3 Å². The Morgan fingerprint density at radius 1 is 1.19 bits per heavy atom. The number of amides is 1. The molecular weight excluding hydrogens is 394 g/mol. The van der Waals surface area contributed by atoms with Crippen LogP contribution >= 0.6 is 0 Å². The fourth-order valence-corrected chi connectivity index (χ4v) is 4.26. The molecular formula is C22H23N7O2.